The van der Waals surface area contributed by atoms with Gasteiger partial charge in [-0.15, -0.1) is 17.7 Å². The zero-order valence-electron chi connectivity index (χ0n) is 36.0. The van der Waals surface area contributed by atoms with Gasteiger partial charge >= 0.3 is 0 Å². The molecule has 0 unspecified atom stereocenters. The van der Waals surface area contributed by atoms with Gasteiger partial charge in [-0.25, -0.2) is 4.98 Å². The molecule has 7 aromatic carbocycles. The van der Waals surface area contributed by atoms with Crippen molar-refractivity contribution in [2.45, 2.75) is 52.4 Å². The van der Waals surface area contributed by atoms with Crippen LogP contribution in [0, 0.1) is 18.8 Å². The summed E-state index contributed by atoms with van der Waals surface area (Å²) in [6, 6.07) is 72.5. The number of anilines is 4. The molecule has 62 heavy (non-hydrogen) atoms. The molecule has 310 valence electrons. The minimum absolute atomic E-state index is 0. The maximum Gasteiger partial charge on any atom is 0.135 e. The molecule has 10 rings (SSSR count). The topological polar surface area (TPSA) is 24.3 Å². The molecule has 0 N–H and O–H groups in total. The molecule has 2 aromatic heterocycles. The summed E-state index contributed by atoms with van der Waals surface area (Å²) in [5.74, 6) is 0.896. The van der Waals surface area contributed by atoms with Crippen LogP contribution in [0.15, 0.2) is 182 Å². The van der Waals surface area contributed by atoms with E-state index in [1.54, 1.807) is 0 Å². The van der Waals surface area contributed by atoms with Crippen LogP contribution < -0.4 is 30.5 Å². The van der Waals surface area contributed by atoms with Crippen molar-refractivity contribution >= 4 is 73.4 Å². The zero-order chi connectivity index (χ0) is 41.9. The fourth-order valence-electron chi connectivity index (χ4n) is 9.11. The van der Waals surface area contributed by atoms with Crippen molar-refractivity contribution in [1.29, 1.82) is 0 Å². The van der Waals surface area contributed by atoms with Crippen LogP contribution in [-0.2, 0) is 31.9 Å². The molecule has 1 aliphatic rings. The Morgan fingerprint density at radius 3 is 1.81 bits per heavy atom. The molecule has 0 saturated carbocycles. The summed E-state index contributed by atoms with van der Waals surface area (Å²) in [7, 11) is -3.11. The molecule has 0 saturated heterocycles. The van der Waals surface area contributed by atoms with E-state index >= 15 is 0 Å². The third-order valence-electron chi connectivity index (χ3n) is 12.3. The van der Waals surface area contributed by atoms with Crippen LogP contribution in [0.5, 0.6) is 0 Å². The Kier molecular flexibility index (Phi) is 10.7. The van der Waals surface area contributed by atoms with Gasteiger partial charge < -0.3 is 14.4 Å². The van der Waals surface area contributed by atoms with Crippen LogP contribution in [0.3, 0.4) is 0 Å². The largest absolute Gasteiger partial charge is 0.493 e. The predicted octanol–water partition coefficient (Wildman–Crippen LogP) is 11.2. The van der Waals surface area contributed by atoms with Gasteiger partial charge in [0.15, 0.2) is 0 Å². The third kappa shape index (κ3) is 7.02. The number of pyridine rings is 1. The third-order valence-corrected chi connectivity index (χ3v) is 16.9. The van der Waals surface area contributed by atoms with Crippen LogP contribution in [0.2, 0.25) is 0 Å². The second-order valence-electron chi connectivity index (χ2n) is 18.2. The number of aromatic nitrogens is 2. The molecule has 9 aromatic rings. The molecular formula is C56H49N4PtSi-3. The Bertz CT molecular complexity index is 3010. The number of rotatable bonds is 7. The average Bonchev–Trinajstić information content (AvgIpc) is 3.83. The van der Waals surface area contributed by atoms with Crippen molar-refractivity contribution in [3.63, 3.8) is 0 Å². The summed E-state index contributed by atoms with van der Waals surface area (Å²) in [5.41, 5.74) is 9.05. The van der Waals surface area contributed by atoms with Crippen LogP contribution >= 0.6 is 0 Å². The standard InChI is InChI=1S/C56H49N4Si.Pt/c1-55(2,3)40-19-17-20-42(35-40)58-39-59(52-30-16-15-29-51(52)58)43-21-18-26-46(37-43)61(44-22-9-7-10-23-44,45-24-11-8-12-25-45)47-31-32-49-48-27-13-14-28-50(48)60(53(49)38-47)54-36-41(33-34-57-54)56(4,5)6;/h7-36,39H,1-6H3;/q-3;. The van der Waals surface area contributed by atoms with Crippen LogP contribution in [-0.4, -0.2) is 17.6 Å². The van der Waals surface area contributed by atoms with Crippen molar-refractivity contribution in [3.8, 4) is 5.82 Å². The quantitative estimate of drug-likeness (QED) is 0.0903. The van der Waals surface area contributed by atoms with E-state index in [4.69, 9.17) is 4.98 Å². The summed E-state index contributed by atoms with van der Waals surface area (Å²) in [4.78, 5) is 9.63. The number of hydrogen-bond donors (Lipinski definition) is 0. The Morgan fingerprint density at radius 2 is 1.11 bits per heavy atom. The van der Waals surface area contributed by atoms with E-state index in [9.17, 15) is 0 Å². The minimum atomic E-state index is -3.11. The number of benzene rings is 7. The normalized spacial score (nSPS) is 13.1. The van der Waals surface area contributed by atoms with Gasteiger partial charge in [-0.1, -0.05) is 150 Å². The molecule has 0 amide bonds. The zero-order valence-corrected chi connectivity index (χ0v) is 39.3. The maximum atomic E-state index is 5.02. The van der Waals surface area contributed by atoms with Crippen LogP contribution in [0.1, 0.15) is 52.7 Å². The summed E-state index contributed by atoms with van der Waals surface area (Å²) in [5, 5.41) is 7.20. The van der Waals surface area contributed by atoms with Crippen molar-refractivity contribution in [1.82, 2.24) is 9.55 Å². The van der Waals surface area contributed by atoms with Gasteiger partial charge in [0.2, 0.25) is 0 Å². The molecule has 1 aliphatic heterocycles. The van der Waals surface area contributed by atoms with Gasteiger partial charge in [-0.2, -0.15) is 52.8 Å². The molecule has 0 fully saturated rings. The first kappa shape index (κ1) is 41.4. The predicted molar refractivity (Wildman–Crippen MR) is 259 cm³/mol. The minimum Gasteiger partial charge on any atom is -0.493 e. The van der Waals surface area contributed by atoms with Crippen molar-refractivity contribution in [2.75, 3.05) is 9.80 Å². The first-order valence-corrected chi connectivity index (χ1v) is 23.2. The number of para-hydroxylation sites is 3. The van der Waals surface area contributed by atoms with Crippen molar-refractivity contribution in [2.24, 2.45) is 0 Å². The molecule has 0 atom stereocenters. The SMILES string of the molecule is CC(C)(C)c1cccc(N2[CH-]N(c3[c-]c([Si](c4[c-]c5c(cc4)c4ccccc4n5-c4cc(C(C)(C)C)ccn4)(c4ccccc4)c4ccccc4)ccc3)c3ccccc32)c1.[Pt]. The molecular weight excluding hydrogens is 952 g/mol. The van der Waals surface area contributed by atoms with E-state index in [0.717, 1.165) is 55.4 Å². The molecule has 3 heterocycles. The fourth-order valence-corrected chi connectivity index (χ4v) is 13.7. The maximum absolute atomic E-state index is 5.02. The van der Waals surface area contributed by atoms with Gasteiger partial charge in [-0.05, 0) is 80.2 Å². The van der Waals surface area contributed by atoms with Gasteiger partial charge in [0.05, 0.1) is 0 Å². The molecule has 6 heteroatoms. The van der Waals surface area contributed by atoms with Crippen LogP contribution in [0.4, 0.5) is 22.7 Å². The number of nitrogens with zero attached hydrogens (tertiary/aromatic N) is 4. The van der Waals surface area contributed by atoms with Crippen molar-refractivity contribution < 1.29 is 21.1 Å². The molecule has 0 bridgehead atoms. The number of fused-ring (bicyclic) bond motifs is 4. The molecule has 4 nitrogen and oxygen atoms in total. The van der Waals surface area contributed by atoms with Gasteiger partial charge in [0.25, 0.3) is 0 Å². The monoisotopic (exact) mass is 1000 g/mol. The summed E-state index contributed by atoms with van der Waals surface area (Å²) in [6.07, 6.45) is 1.95. The van der Waals surface area contributed by atoms with Gasteiger partial charge in [-0.3, -0.25) is 0 Å². The van der Waals surface area contributed by atoms with E-state index in [-0.39, 0.29) is 31.9 Å². The number of hydrogen-bond acceptors (Lipinski definition) is 3. The summed E-state index contributed by atoms with van der Waals surface area (Å²) in [6.45, 7) is 15.8. The Morgan fingerprint density at radius 1 is 0.516 bits per heavy atom. The fraction of sp³-hybridized carbons (Fsp3) is 0.143. The van der Waals surface area contributed by atoms with E-state index in [1.807, 2.05) is 6.20 Å². The molecule has 0 aliphatic carbocycles. The molecule has 0 radical (unpaired) electrons. The van der Waals surface area contributed by atoms with E-state index in [2.05, 4.69) is 251 Å². The average molecular weight is 1000 g/mol. The van der Waals surface area contributed by atoms with Gasteiger partial charge in [0.1, 0.15) is 13.9 Å². The van der Waals surface area contributed by atoms with Crippen molar-refractivity contribution in [3.05, 3.63) is 212 Å². The first-order chi connectivity index (χ1) is 29.5. The van der Waals surface area contributed by atoms with Crippen LogP contribution in [0.25, 0.3) is 27.6 Å². The van der Waals surface area contributed by atoms with E-state index < -0.39 is 8.07 Å². The Labute approximate surface area is 381 Å². The summed E-state index contributed by atoms with van der Waals surface area (Å²) < 4.78 is 2.32. The second kappa shape index (κ2) is 16.0. The first-order valence-electron chi connectivity index (χ1n) is 21.2. The Balaban J connectivity index is 0.00000490. The van der Waals surface area contributed by atoms with Gasteiger partial charge in [0, 0.05) is 49.8 Å². The van der Waals surface area contributed by atoms with E-state index in [0.29, 0.717) is 0 Å². The second-order valence-corrected chi connectivity index (χ2v) is 21.9. The summed E-state index contributed by atoms with van der Waals surface area (Å²) >= 11 is 0. The Hall–Kier alpha value is -6.00. The smallest absolute Gasteiger partial charge is 0.135 e. The molecule has 0 spiro atoms. The van der Waals surface area contributed by atoms with E-state index in [1.165, 1.54) is 26.9 Å².